The molecule has 5 nitrogen and oxygen atoms in total. The lowest BCUT2D eigenvalue weighted by Gasteiger charge is -2.38. The third-order valence-corrected chi connectivity index (χ3v) is 7.82. The van der Waals surface area contributed by atoms with E-state index in [9.17, 15) is 4.79 Å². The van der Waals surface area contributed by atoms with Gasteiger partial charge in [0, 0.05) is 68.0 Å². The van der Waals surface area contributed by atoms with E-state index in [1.165, 1.54) is 75.4 Å². The van der Waals surface area contributed by atoms with Gasteiger partial charge < -0.3 is 14.4 Å². The van der Waals surface area contributed by atoms with Crippen LogP contribution < -0.4 is 0 Å². The number of hydrogen-bond acceptors (Lipinski definition) is 3. The van der Waals surface area contributed by atoms with Gasteiger partial charge in [0.05, 0.1) is 0 Å². The van der Waals surface area contributed by atoms with Crippen LogP contribution in [0.4, 0.5) is 0 Å². The summed E-state index contributed by atoms with van der Waals surface area (Å²) >= 11 is 0. The molecule has 1 amide bonds. The quantitative estimate of drug-likeness (QED) is 0.723. The second-order valence-electron chi connectivity index (χ2n) is 9.81. The Labute approximate surface area is 187 Å². The number of carbonyl (C=O) groups excluding carboxylic acids is 1. The molecule has 5 heteroatoms. The zero-order chi connectivity index (χ0) is 21.0. The standard InChI is InChI=1S/C26H38N4O/c31-26(30-19-17-28(18-20-30)24-7-3-4-8-24)23-9-10-25-22(21-23)11-14-29(25)16-15-27-12-5-1-2-6-13-27/h9-11,14,21,24H,1-8,12-13,15-20H2. The first-order valence-corrected chi connectivity index (χ1v) is 12.6. The molecule has 0 bridgehead atoms. The van der Waals surface area contributed by atoms with Gasteiger partial charge in [0.2, 0.25) is 0 Å². The fraction of sp³-hybridized carbons (Fsp3) is 0.654. The van der Waals surface area contributed by atoms with E-state index in [1.807, 2.05) is 6.07 Å². The van der Waals surface area contributed by atoms with E-state index >= 15 is 0 Å². The maximum absolute atomic E-state index is 13.1. The van der Waals surface area contributed by atoms with Gasteiger partial charge in [-0.15, -0.1) is 0 Å². The Morgan fingerprint density at radius 3 is 2.29 bits per heavy atom. The molecule has 1 saturated carbocycles. The molecule has 2 aromatic rings. The van der Waals surface area contributed by atoms with Gasteiger partial charge in [0.1, 0.15) is 0 Å². The topological polar surface area (TPSA) is 31.7 Å². The lowest BCUT2D eigenvalue weighted by Crippen LogP contribution is -2.51. The number of carbonyl (C=O) groups is 1. The Bertz CT molecular complexity index is 869. The summed E-state index contributed by atoms with van der Waals surface area (Å²) < 4.78 is 2.36. The first-order chi connectivity index (χ1) is 15.3. The van der Waals surface area contributed by atoms with Gasteiger partial charge in [-0.2, -0.15) is 0 Å². The van der Waals surface area contributed by atoms with Gasteiger partial charge in [0.25, 0.3) is 5.91 Å². The first kappa shape index (κ1) is 21.0. The molecule has 2 aliphatic heterocycles. The van der Waals surface area contributed by atoms with E-state index < -0.39 is 0 Å². The number of benzene rings is 1. The molecule has 3 fully saturated rings. The van der Waals surface area contributed by atoms with E-state index in [2.05, 4.69) is 43.7 Å². The minimum atomic E-state index is 0.199. The van der Waals surface area contributed by atoms with Gasteiger partial charge in [0.15, 0.2) is 0 Å². The molecule has 1 aliphatic carbocycles. The lowest BCUT2D eigenvalue weighted by molar-refractivity contribution is 0.0573. The molecule has 1 aromatic carbocycles. The normalized spacial score (nSPS) is 22.3. The van der Waals surface area contributed by atoms with Crippen molar-refractivity contribution in [3.8, 4) is 0 Å². The Morgan fingerprint density at radius 2 is 1.55 bits per heavy atom. The summed E-state index contributed by atoms with van der Waals surface area (Å²) in [5.41, 5.74) is 2.09. The molecule has 5 rings (SSSR count). The van der Waals surface area contributed by atoms with Gasteiger partial charge >= 0.3 is 0 Å². The highest BCUT2D eigenvalue weighted by Gasteiger charge is 2.28. The number of piperazine rings is 1. The highest BCUT2D eigenvalue weighted by atomic mass is 16.2. The summed E-state index contributed by atoms with van der Waals surface area (Å²) in [6, 6.07) is 9.23. The molecule has 2 saturated heterocycles. The van der Waals surface area contributed by atoms with Crippen molar-refractivity contribution in [2.24, 2.45) is 0 Å². The Hall–Kier alpha value is -1.85. The molecule has 0 spiro atoms. The van der Waals surface area contributed by atoms with Crippen molar-refractivity contribution < 1.29 is 4.79 Å². The molecule has 168 valence electrons. The number of nitrogens with zero attached hydrogens (tertiary/aromatic N) is 4. The smallest absolute Gasteiger partial charge is 0.253 e. The van der Waals surface area contributed by atoms with Gasteiger partial charge in [-0.25, -0.2) is 0 Å². The molecule has 31 heavy (non-hydrogen) atoms. The van der Waals surface area contributed by atoms with Crippen LogP contribution >= 0.6 is 0 Å². The van der Waals surface area contributed by atoms with Crippen molar-refractivity contribution >= 4 is 16.8 Å². The Balaban J connectivity index is 1.19. The number of rotatable bonds is 5. The number of likely N-dealkylation sites (tertiary alicyclic amines) is 1. The molecule has 3 aliphatic rings. The molecule has 0 N–H and O–H groups in total. The van der Waals surface area contributed by atoms with Crippen LogP contribution in [0.15, 0.2) is 30.5 Å². The predicted molar refractivity (Wildman–Crippen MR) is 127 cm³/mol. The zero-order valence-electron chi connectivity index (χ0n) is 19.0. The number of fused-ring (bicyclic) bond motifs is 1. The fourth-order valence-corrected chi connectivity index (χ4v) is 5.88. The van der Waals surface area contributed by atoms with E-state index in [1.54, 1.807) is 0 Å². The van der Waals surface area contributed by atoms with Crippen LogP contribution in [0, 0.1) is 0 Å². The summed E-state index contributed by atoms with van der Waals surface area (Å²) in [6.45, 7) is 8.43. The predicted octanol–water partition coefficient (Wildman–Crippen LogP) is 4.22. The van der Waals surface area contributed by atoms with Crippen LogP contribution in [0.5, 0.6) is 0 Å². The molecule has 0 radical (unpaired) electrons. The van der Waals surface area contributed by atoms with Crippen LogP contribution in [0.1, 0.15) is 61.7 Å². The van der Waals surface area contributed by atoms with E-state index in [0.717, 1.165) is 50.9 Å². The Kier molecular flexibility index (Phi) is 6.61. The van der Waals surface area contributed by atoms with Crippen molar-refractivity contribution in [2.45, 2.75) is 64.0 Å². The third kappa shape index (κ3) is 4.83. The summed E-state index contributed by atoms with van der Waals surface area (Å²) in [7, 11) is 0. The average Bonchev–Trinajstić information content (AvgIpc) is 3.42. The number of aromatic nitrogens is 1. The van der Waals surface area contributed by atoms with E-state index in [-0.39, 0.29) is 5.91 Å². The summed E-state index contributed by atoms with van der Waals surface area (Å²) in [5, 5.41) is 1.19. The highest BCUT2D eigenvalue weighted by molar-refractivity contribution is 5.98. The highest BCUT2D eigenvalue weighted by Crippen LogP contribution is 2.25. The van der Waals surface area contributed by atoms with Gasteiger partial charge in [-0.1, -0.05) is 25.7 Å². The maximum Gasteiger partial charge on any atom is 0.253 e. The zero-order valence-corrected chi connectivity index (χ0v) is 19.0. The van der Waals surface area contributed by atoms with E-state index in [0.29, 0.717) is 0 Å². The number of amides is 1. The van der Waals surface area contributed by atoms with Crippen LogP contribution in [0.25, 0.3) is 10.9 Å². The second-order valence-corrected chi connectivity index (χ2v) is 9.81. The van der Waals surface area contributed by atoms with Crippen LogP contribution in [-0.2, 0) is 6.54 Å². The SMILES string of the molecule is O=C(c1ccc2c(ccn2CCN2CCCCCC2)c1)N1CCN(C2CCCC2)CC1. The third-order valence-electron chi connectivity index (χ3n) is 7.82. The van der Waals surface area contributed by atoms with Crippen molar-refractivity contribution in [1.82, 2.24) is 19.3 Å². The molecular weight excluding hydrogens is 384 g/mol. The van der Waals surface area contributed by atoms with Crippen LogP contribution in [0.2, 0.25) is 0 Å². The van der Waals surface area contributed by atoms with Crippen molar-refractivity contribution in [3.63, 3.8) is 0 Å². The summed E-state index contributed by atoms with van der Waals surface area (Å²) in [4.78, 5) is 20.4. The lowest BCUT2D eigenvalue weighted by atomic mass is 10.1. The fourth-order valence-electron chi connectivity index (χ4n) is 5.88. The monoisotopic (exact) mass is 422 g/mol. The molecule has 3 heterocycles. The summed E-state index contributed by atoms with van der Waals surface area (Å²) in [5.74, 6) is 0.199. The average molecular weight is 423 g/mol. The van der Waals surface area contributed by atoms with Crippen molar-refractivity contribution in [1.29, 1.82) is 0 Å². The minimum absolute atomic E-state index is 0.199. The largest absolute Gasteiger partial charge is 0.346 e. The molecule has 0 unspecified atom stereocenters. The van der Waals surface area contributed by atoms with Crippen LogP contribution in [-0.4, -0.2) is 77.0 Å². The minimum Gasteiger partial charge on any atom is -0.346 e. The second kappa shape index (κ2) is 9.74. The van der Waals surface area contributed by atoms with Crippen LogP contribution in [0.3, 0.4) is 0 Å². The van der Waals surface area contributed by atoms with Gasteiger partial charge in [-0.05, 0) is 63.0 Å². The first-order valence-electron chi connectivity index (χ1n) is 12.6. The summed E-state index contributed by atoms with van der Waals surface area (Å²) in [6.07, 6.45) is 13.1. The Morgan fingerprint density at radius 1 is 0.806 bits per heavy atom. The molecule has 1 aromatic heterocycles. The van der Waals surface area contributed by atoms with Gasteiger partial charge in [-0.3, -0.25) is 9.69 Å². The molecular formula is C26H38N4O. The van der Waals surface area contributed by atoms with Crippen molar-refractivity contribution in [3.05, 3.63) is 36.0 Å². The maximum atomic E-state index is 13.1. The molecule has 0 atom stereocenters. The van der Waals surface area contributed by atoms with E-state index in [4.69, 9.17) is 0 Å². The van der Waals surface area contributed by atoms with Crippen molar-refractivity contribution in [2.75, 3.05) is 45.8 Å². The number of hydrogen-bond donors (Lipinski definition) is 0.